The highest BCUT2D eigenvalue weighted by Gasteiger charge is 2.15. The zero-order valence-electron chi connectivity index (χ0n) is 10.8. The van der Waals surface area contributed by atoms with E-state index in [1.165, 1.54) is 18.3 Å². The van der Waals surface area contributed by atoms with E-state index in [-0.39, 0.29) is 29.6 Å². The third-order valence-electron chi connectivity index (χ3n) is 2.69. The number of rotatable bonds is 5. The van der Waals surface area contributed by atoms with Gasteiger partial charge in [-0.3, -0.25) is 15.1 Å². The SMILES string of the molecule is NC(=NO)c1ncccc1COc1ccccc1[N+](=O)[O-]. The van der Waals surface area contributed by atoms with Gasteiger partial charge >= 0.3 is 5.69 Å². The van der Waals surface area contributed by atoms with Crippen molar-refractivity contribution in [2.24, 2.45) is 10.9 Å². The first kappa shape index (κ1) is 14.3. The standard InChI is InChI=1S/C13H12N4O4/c14-13(16-18)12-9(4-3-7-15-12)8-21-11-6-2-1-5-10(11)17(19)20/h1-7,18H,8H2,(H2,14,16). The van der Waals surface area contributed by atoms with Gasteiger partial charge in [-0.2, -0.15) is 0 Å². The Balaban J connectivity index is 2.24. The van der Waals surface area contributed by atoms with Crippen LogP contribution in [0.25, 0.3) is 0 Å². The summed E-state index contributed by atoms with van der Waals surface area (Å²) in [5.41, 5.74) is 6.19. The molecule has 0 radical (unpaired) electrons. The van der Waals surface area contributed by atoms with Gasteiger partial charge in [-0.05, 0) is 12.1 Å². The highest BCUT2D eigenvalue weighted by Crippen LogP contribution is 2.26. The van der Waals surface area contributed by atoms with Crippen LogP contribution < -0.4 is 10.5 Å². The summed E-state index contributed by atoms with van der Waals surface area (Å²) in [7, 11) is 0. The van der Waals surface area contributed by atoms with Crippen LogP contribution in [0.2, 0.25) is 0 Å². The fourth-order valence-electron chi connectivity index (χ4n) is 1.72. The topological polar surface area (TPSA) is 124 Å². The van der Waals surface area contributed by atoms with E-state index in [1.807, 2.05) is 0 Å². The molecule has 0 saturated heterocycles. The van der Waals surface area contributed by atoms with Gasteiger partial charge in [-0.1, -0.05) is 23.4 Å². The minimum Gasteiger partial charge on any atom is -0.482 e. The van der Waals surface area contributed by atoms with Crippen molar-refractivity contribution in [1.82, 2.24) is 4.98 Å². The minimum absolute atomic E-state index is 0.00421. The lowest BCUT2D eigenvalue weighted by molar-refractivity contribution is -0.385. The molecule has 0 spiro atoms. The molecule has 8 heteroatoms. The van der Waals surface area contributed by atoms with E-state index in [9.17, 15) is 10.1 Å². The molecule has 0 aliphatic carbocycles. The minimum atomic E-state index is -0.525. The van der Waals surface area contributed by atoms with Crippen LogP contribution in [-0.4, -0.2) is 21.0 Å². The van der Waals surface area contributed by atoms with Crippen LogP contribution in [0, 0.1) is 10.1 Å². The summed E-state index contributed by atoms with van der Waals surface area (Å²) >= 11 is 0. The molecule has 0 unspecified atom stereocenters. The largest absolute Gasteiger partial charge is 0.482 e. The predicted octanol–water partition coefficient (Wildman–Crippen LogP) is 1.66. The van der Waals surface area contributed by atoms with Crippen molar-refractivity contribution in [2.75, 3.05) is 0 Å². The Morgan fingerprint density at radius 2 is 2.14 bits per heavy atom. The van der Waals surface area contributed by atoms with E-state index in [1.54, 1.807) is 24.3 Å². The number of aromatic nitrogens is 1. The van der Waals surface area contributed by atoms with Crippen LogP contribution in [0.15, 0.2) is 47.8 Å². The van der Waals surface area contributed by atoms with Gasteiger partial charge in [0.25, 0.3) is 0 Å². The second-order valence-electron chi connectivity index (χ2n) is 4.01. The molecule has 8 nitrogen and oxygen atoms in total. The van der Waals surface area contributed by atoms with Gasteiger partial charge in [0.2, 0.25) is 0 Å². The third kappa shape index (κ3) is 3.24. The predicted molar refractivity (Wildman–Crippen MR) is 74.2 cm³/mol. The van der Waals surface area contributed by atoms with Gasteiger partial charge in [-0.25, -0.2) is 0 Å². The number of para-hydroxylation sites is 2. The second-order valence-corrected chi connectivity index (χ2v) is 4.01. The molecule has 0 saturated carbocycles. The first-order valence-electron chi connectivity index (χ1n) is 5.91. The summed E-state index contributed by atoms with van der Waals surface area (Å²) in [5.74, 6) is -0.0198. The Bertz CT molecular complexity index is 687. The highest BCUT2D eigenvalue weighted by molar-refractivity contribution is 5.96. The smallest absolute Gasteiger partial charge is 0.310 e. The molecule has 21 heavy (non-hydrogen) atoms. The van der Waals surface area contributed by atoms with Crippen LogP contribution in [0.5, 0.6) is 5.75 Å². The van der Waals surface area contributed by atoms with Gasteiger partial charge in [0, 0.05) is 17.8 Å². The van der Waals surface area contributed by atoms with Crippen molar-refractivity contribution in [3.63, 3.8) is 0 Å². The molecule has 108 valence electrons. The maximum atomic E-state index is 10.9. The van der Waals surface area contributed by atoms with Gasteiger partial charge in [0.15, 0.2) is 11.6 Å². The normalized spacial score (nSPS) is 11.1. The fraction of sp³-hybridized carbons (Fsp3) is 0.0769. The van der Waals surface area contributed by atoms with Gasteiger partial charge in [-0.15, -0.1) is 0 Å². The molecule has 2 aromatic rings. The monoisotopic (exact) mass is 288 g/mol. The molecule has 0 fully saturated rings. The maximum absolute atomic E-state index is 10.9. The number of pyridine rings is 1. The number of nitrogens with zero attached hydrogens (tertiary/aromatic N) is 3. The first-order chi connectivity index (χ1) is 10.1. The van der Waals surface area contributed by atoms with Crippen molar-refractivity contribution in [2.45, 2.75) is 6.61 Å². The molecule has 0 aliphatic heterocycles. The number of ether oxygens (including phenoxy) is 1. The molecule has 2 rings (SSSR count). The molecule has 1 heterocycles. The number of nitrogens with two attached hydrogens (primary N) is 1. The maximum Gasteiger partial charge on any atom is 0.310 e. The van der Waals surface area contributed by atoms with Crippen molar-refractivity contribution < 1.29 is 14.9 Å². The molecular weight excluding hydrogens is 276 g/mol. The molecular formula is C13H12N4O4. The Labute approximate surface area is 119 Å². The van der Waals surface area contributed by atoms with Crippen LogP contribution in [-0.2, 0) is 6.61 Å². The molecule has 0 amide bonds. The second kappa shape index (κ2) is 6.33. The van der Waals surface area contributed by atoms with Gasteiger partial charge in [0.05, 0.1) is 4.92 Å². The summed E-state index contributed by atoms with van der Waals surface area (Å²) in [6, 6.07) is 9.37. The zero-order valence-corrected chi connectivity index (χ0v) is 10.8. The number of nitro benzene ring substituents is 1. The third-order valence-corrected chi connectivity index (χ3v) is 2.69. The molecule has 0 aliphatic rings. The number of amidine groups is 1. The number of oxime groups is 1. The Hall–Kier alpha value is -3.16. The summed E-state index contributed by atoms with van der Waals surface area (Å²) in [5, 5.41) is 22.5. The molecule has 3 N–H and O–H groups in total. The Morgan fingerprint density at radius 1 is 1.38 bits per heavy atom. The fourth-order valence-corrected chi connectivity index (χ4v) is 1.72. The van der Waals surface area contributed by atoms with Crippen molar-refractivity contribution in [3.8, 4) is 5.75 Å². The van der Waals surface area contributed by atoms with E-state index in [2.05, 4.69) is 10.1 Å². The van der Waals surface area contributed by atoms with E-state index >= 15 is 0 Å². The Kier molecular flexibility index (Phi) is 4.30. The van der Waals surface area contributed by atoms with E-state index in [4.69, 9.17) is 15.7 Å². The lowest BCUT2D eigenvalue weighted by Gasteiger charge is -2.09. The van der Waals surface area contributed by atoms with E-state index in [0.717, 1.165) is 0 Å². The highest BCUT2D eigenvalue weighted by atomic mass is 16.6. The van der Waals surface area contributed by atoms with E-state index < -0.39 is 4.92 Å². The van der Waals surface area contributed by atoms with Crippen LogP contribution >= 0.6 is 0 Å². The summed E-state index contributed by atoms with van der Waals surface area (Å²) in [6.45, 7) is 0.00421. The Morgan fingerprint density at radius 3 is 2.86 bits per heavy atom. The number of nitro groups is 1. The van der Waals surface area contributed by atoms with Crippen molar-refractivity contribution in [3.05, 3.63) is 64.0 Å². The van der Waals surface area contributed by atoms with Crippen molar-refractivity contribution in [1.29, 1.82) is 0 Å². The quantitative estimate of drug-likeness (QED) is 0.283. The summed E-state index contributed by atoms with van der Waals surface area (Å²) in [4.78, 5) is 14.4. The lowest BCUT2D eigenvalue weighted by Crippen LogP contribution is -2.18. The first-order valence-corrected chi connectivity index (χ1v) is 5.91. The van der Waals surface area contributed by atoms with Crippen LogP contribution in [0.1, 0.15) is 11.3 Å². The average molecular weight is 288 g/mol. The molecule has 1 aromatic heterocycles. The van der Waals surface area contributed by atoms with Crippen LogP contribution in [0.3, 0.4) is 0 Å². The van der Waals surface area contributed by atoms with E-state index in [0.29, 0.717) is 5.56 Å². The summed E-state index contributed by atoms with van der Waals surface area (Å²) in [6.07, 6.45) is 1.49. The number of hydrogen-bond acceptors (Lipinski definition) is 6. The van der Waals surface area contributed by atoms with Crippen molar-refractivity contribution >= 4 is 11.5 Å². The molecule has 0 atom stereocenters. The van der Waals surface area contributed by atoms with Crippen LogP contribution in [0.4, 0.5) is 5.69 Å². The number of hydrogen-bond donors (Lipinski definition) is 2. The number of benzene rings is 1. The summed E-state index contributed by atoms with van der Waals surface area (Å²) < 4.78 is 5.45. The van der Waals surface area contributed by atoms with Gasteiger partial charge < -0.3 is 15.7 Å². The zero-order chi connectivity index (χ0) is 15.2. The molecule has 0 bridgehead atoms. The van der Waals surface area contributed by atoms with Gasteiger partial charge in [0.1, 0.15) is 12.3 Å². The lowest BCUT2D eigenvalue weighted by atomic mass is 10.2. The average Bonchev–Trinajstić information content (AvgIpc) is 2.52. The molecule has 1 aromatic carbocycles.